The molecule has 1 aliphatic rings. The van der Waals surface area contributed by atoms with Crippen molar-refractivity contribution < 1.29 is 4.92 Å². The van der Waals surface area contributed by atoms with Crippen LogP contribution in [0.2, 0.25) is 0 Å². The van der Waals surface area contributed by atoms with E-state index in [4.69, 9.17) is 0 Å². The molecule has 1 heterocycles. The van der Waals surface area contributed by atoms with Gasteiger partial charge in [-0.3, -0.25) is 10.1 Å². The minimum atomic E-state index is -0.363. The topological polar surface area (TPSA) is 67.2 Å². The Labute approximate surface area is 132 Å². The summed E-state index contributed by atoms with van der Waals surface area (Å²) in [5.74, 6) is 0. The van der Waals surface area contributed by atoms with Gasteiger partial charge in [0, 0.05) is 34.0 Å². The molecule has 1 fully saturated rings. The highest BCUT2D eigenvalue weighted by Crippen LogP contribution is 2.31. The third-order valence-electron chi connectivity index (χ3n) is 3.99. The molecule has 6 heteroatoms. The van der Waals surface area contributed by atoms with Gasteiger partial charge in [0.25, 0.3) is 5.69 Å². The smallest absolute Gasteiger partial charge is 0.270 e. The van der Waals surface area contributed by atoms with Crippen molar-refractivity contribution >= 4 is 34.0 Å². The Bertz CT molecular complexity index is 505. The van der Waals surface area contributed by atoms with Gasteiger partial charge in [0.15, 0.2) is 0 Å². The highest BCUT2D eigenvalue weighted by atomic mass is 127. The quantitative estimate of drug-likeness (QED) is 0.471. The SMILES string of the molecule is CC1(C)CCCNC1CNc1ccc([N+](=O)[O-])cc1I. The summed E-state index contributed by atoms with van der Waals surface area (Å²) in [7, 11) is 0. The lowest BCUT2D eigenvalue weighted by Crippen LogP contribution is -2.50. The van der Waals surface area contributed by atoms with Crippen LogP contribution in [0, 0.1) is 19.1 Å². The predicted octanol–water partition coefficient (Wildman–Crippen LogP) is 3.39. The number of nitrogens with one attached hydrogen (secondary N) is 2. The summed E-state index contributed by atoms with van der Waals surface area (Å²) in [6.45, 7) is 6.46. The summed E-state index contributed by atoms with van der Waals surface area (Å²) < 4.78 is 0.880. The predicted molar refractivity (Wildman–Crippen MR) is 89.1 cm³/mol. The molecule has 0 aromatic heterocycles. The fourth-order valence-corrected chi connectivity index (χ4v) is 3.28. The lowest BCUT2D eigenvalue weighted by atomic mass is 9.77. The number of anilines is 1. The molecule has 0 saturated carbocycles. The molecule has 20 heavy (non-hydrogen) atoms. The van der Waals surface area contributed by atoms with E-state index in [-0.39, 0.29) is 16.0 Å². The first-order valence-corrected chi connectivity index (χ1v) is 7.89. The molecule has 1 aliphatic heterocycles. The van der Waals surface area contributed by atoms with Crippen molar-refractivity contribution in [1.29, 1.82) is 0 Å². The minimum Gasteiger partial charge on any atom is -0.383 e. The summed E-state index contributed by atoms with van der Waals surface area (Å²) in [6, 6.07) is 5.35. The Balaban J connectivity index is 2.02. The largest absolute Gasteiger partial charge is 0.383 e. The Morgan fingerprint density at radius 1 is 1.55 bits per heavy atom. The normalized spacial score (nSPS) is 21.4. The number of piperidine rings is 1. The van der Waals surface area contributed by atoms with Crippen LogP contribution >= 0.6 is 22.6 Å². The fraction of sp³-hybridized carbons (Fsp3) is 0.571. The average Bonchev–Trinajstić information content (AvgIpc) is 2.38. The second-order valence-electron chi connectivity index (χ2n) is 5.90. The van der Waals surface area contributed by atoms with E-state index in [0.29, 0.717) is 6.04 Å². The molecule has 0 bridgehead atoms. The van der Waals surface area contributed by atoms with E-state index < -0.39 is 0 Å². The maximum Gasteiger partial charge on any atom is 0.270 e. The Kier molecular flexibility index (Phi) is 4.85. The number of halogens is 1. The van der Waals surface area contributed by atoms with Gasteiger partial charge in [-0.15, -0.1) is 0 Å². The van der Waals surface area contributed by atoms with Gasteiger partial charge in [0.05, 0.1) is 4.92 Å². The number of rotatable bonds is 4. The number of nitro benzene ring substituents is 1. The highest BCUT2D eigenvalue weighted by Gasteiger charge is 2.31. The van der Waals surface area contributed by atoms with Crippen molar-refractivity contribution in [2.24, 2.45) is 5.41 Å². The summed E-state index contributed by atoms with van der Waals surface area (Å²) in [4.78, 5) is 10.4. The first kappa shape index (κ1) is 15.5. The van der Waals surface area contributed by atoms with Gasteiger partial charge in [-0.25, -0.2) is 0 Å². The number of benzene rings is 1. The summed E-state index contributed by atoms with van der Waals surface area (Å²) in [5.41, 5.74) is 1.37. The summed E-state index contributed by atoms with van der Waals surface area (Å²) in [5, 5.41) is 17.7. The molecule has 2 rings (SSSR count). The molecule has 1 aromatic rings. The molecule has 0 radical (unpaired) electrons. The van der Waals surface area contributed by atoms with Crippen LogP contribution in [-0.4, -0.2) is 24.1 Å². The lowest BCUT2D eigenvalue weighted by Gasteiger charge is -2.39. The molecular weight excluding hydrogens is 369 g/mol. The monoisotopic (exact) mass is 389 g/mol. The van der Waals surface area contributed by atoms with E-state index in [1.165, 1.54) is 12.8 Å². The maximum absolute atomic E-state index is 10.7. The molecule has 0 amide bonds. The van der Waals surface area contributed by atoms with E-state index in [9.17, 15) is 10.1 Å². The summed E-state index contributed by atoms with van der Waals surface area (Å²) in [6.07, 6.45) is 2.45. The van der Waals surface area contributed by atoms with E-state index in [1.54, 1.807) is 18.2 Å². The number of nitrogens with zero attached hydrogens (tertiary/aromatic N) is 1. The number of hydrogen-bond donors (Lipinski definition) is 2. The zero-order chi connectivity index (χ0) is 14.8. The van der Waals surface area contributed by atoms with Crippen LogP contribution in [0.4, 0.5) is 11.4 Å². The molecule has 0 aliphatic carbocycles. The van der Waals surface area contributed by atoms with E-state index in [2.05, 4.69) is 47.1 Å². The zero-order valence-corrected chi connectivity index (χ0v) is 13.9. The molecule has 1 saturated heterocycles. The van der Waals surface area contributed by atoms with Crippen LogP contribution in [0.15, 0.2) is 18.2 Å². The van der Waals surface area contributed by atoms with Crippen LogP contribution in [0.5, 0.6) is 0 Å². The third kappa shape index (κ3) is 3.60. The first-order chi connectivity index (χ1) is 9.40. The minimum absolute atomic E-state index is 0.135. The van der Waals surface area contributed by atoms with Gasteiger partial charge in [-0.05, 0) is 53.5 Å². The van der Waals surface area contributed by atoms with E-state index in [1.807, 2.05) is 0 Å². The molecule has 110 valence electrons. The molecule has 0 spiro atoms. The molecule has 2 N–H and O–H groups in total. The van der Waals surface area contributed by atoms with Crippen LogP contribution < -0.4 is 10.6 Å². The lowest BCUT2D eigenvalue weighted by molar-refractivity contribution is -0.384. The molecule has 1 atom stereocenters. The third-order valence-corrected chi connectivity index (χ3v) is 4.88. The van der Waals surface area contributed by atoms with E-state index in [0.717, 1.165) is 22.3 Å². The van der Waals surface area contributed by atoms with Crippen molar-refractivity contribution in [3.05, 3.63) is 31.9 Å². The maximum atomic E-state index is 10.7. The molecular formula is C14H20IN3O2. The molecule has 1 aromatic carbocycles. The van der Waals surface area contributed by atoms with Crippen molar-refractivity contribution in [2.75, 3.05) is 18.4 Å². The van der Waals surface area contributed by atoms with Gasteiger partial charge < -0.3 is 10.6 Å². The Morgan fingerprint density at radius 2 is 2.30 bits per heavy atom. The second-order valence-corrected chi connectivity index (χ2v) is 7.06. The average molecular weight is 389 g/mol. The zero-order valence-electron chi connectivity index (χ0n) is 11.8. The number of hydrogen-bond acceptors (Lipinski definition) is 4. The Hall–Kier alpha value is -0.890. The van der Waals surface area contributed by atoms with Gasteiger partial charge in [-0.2, -0.15) is 0 Å². The Morgan fingerprint density at radius 3 is 2.90 bits per heavy atom. The van der Waals surface area contributed by atoms with Gasteiger partial charge in [0.1, 0.15) is 0 Å². The number of nitro groups is 1. The van der Waals surface area contributed by atoms with Crippen molar-refractivity contribution in [2.45, 2.75) is 32.7 Å². The fourth-order valence-electron chi connectivity index (χ4n) is 2.59. The molecule has 1 unspecified atom stereocenters. The van der Waals surface area contributed by atoms with Crippen molar-refractivity contribution in [3.63, 3.8) is 0 Å². The summed E-state index contributed by atoms with van der Waals surface area (Å²) >= 11 is 2.14. The number of non-ortho nitro benzene ring substituents is 1. The van der Waals surface area contributed by atoms with Crippen LogP contribution in [-0.2, 0) is 0 Å². The van der Waals surface area contributed by atoms with Crippen molar-refractivity contribution in [3.8, 4) is 0 Å². The van der Waals surface area contributed by atoms with Crippen molar-refractivity contribution in [1.82, 2.24) is 5.32 Å². The van der Waals surface area contributed by atoms with Crippen LogP contribution in [0.3, 0.4) is 0 Å². The highest BCUT2D eigenvalue weighted by molar-refractivity contribution is 14.1. The van der Waals surface area contributed by atoms with Gasteiger partial charge in [0.2, 0.25) is 0 Å². The molecule has 5 nitrogen and oxygen atoms in total. The van der Waals surface area contributed by atoms with E-state index >= 15 is 0 Å². The van der Waals surface area contributed by atoms with Gasteiger partial charge >= 0.3 is 0 Å². The second kappa shape index (κ2) is 6.26. The standard InChI is InChI=1S/C14H20IN3O2/c1-14(2)6-3-7-16-13(14)9-17-12-5-4-10(18(19)20)8-11(12)15/h4-5,8,13,16-17H,3,6-7,9H2,1-2H3. The first-order valence-electron chi connectivity index (χ1n) is 6.81. The van der Waals surface area contributed by atoms with Crippen LogP contribution in [0.1, 0.15) is 26.7 Å². The van der Waals surface area contributed by atoms with Gasteiger partial charge in [-0.1, -0.05) is 13.8 Å². The van der Waals surface area contributed by atoms with Crippen LogP contribution in [0.25, 0.3) is 0 Å².